The van der Waals surface area contributed by atoms with E-state index in [9.17, 15) is 0 Å². The number of rotatable bonds is 4. The normalized spacial score (nSPS) is 13.6. The fourth-order valence-electron chi connectivity index (χ4n) is 2.63. The Morgan fingerprint density at radius 1 is 1.10 bits per heavy atom. The first-order valence-corrected chi connectivity index (χ1v) is 7.07. The molecule has 0 amide bonds. The summed E-state index contributed by atoms with van der Waals surface area (Å²) in [6, 6.07) is 16.9. The van der Waals surface area contributed by atoms with Gasteiger partial charge >= 0.3 is 0 Å². The van der Waals surface area contributed by atoms with Crippen molar-refractivity contribution in [3.05, 3.63) is 54.1 Å². The third-order valence-corrected chi connectivity index (χ3v) is 3.77. The first-order chi connectivity index (χ1) is 9.86. The van der Waals surface area contributed by atoms with Crippen molar-refractivity contribution >= 4 is 11.4 Å². The van der Waals surface area contributed by atoms with Crippen LogP contribution in [0.1, 0.15) is 5.56 Å². The van der Waals surface area contributed by atoms with Crippen molar-refractivity contribution in [2.24, 2.45) is 0 Å². The topological polar surface area (TPSA) is 24.5 Å². The molecule has 3 rings (SSSR count). The SMILES string of the molecule is COc1ccc(CCN2CCNc3ccccc32)cc1. The van der Waals surface area contributed by atoms with Gasteiger partial charge in [0.05, 0.1) is 18.5 Å². The molecule has 1 aliphatic rings. The predicted octanol–water partition coefficient (Wildman–Crippen LogP) is 3.17. The van der Waals surface area contributed by atoms with E-state index >= 15 is 0 Å². The molecule has 1 heterocycles. The van der Waals surface area contributed by atoms with Crippen molar-refractivity contribution in [1.29, 1.82) is 0 Å². The van der Waals surface area contributed by atoms with E-state index in [-0.39, 0.29) is 0 Å². The summed E-state index contributed by atoms with van der Waals surface area (Å²) < 4.78 is 5.19. The summed E-state index contributed by atoms with van der Waals surface area (Å²) in [6.07, 6.45) is 1.05. The van der Waals surface area contributed by atoms with Crippen LogP contribution in [0, 0.1) is 0 Å². The molecule has 0 spiro atoms. The van der Waals surface area contributed by atoms with Crippen LogP contribution < -0.4 is 15.0 Å². The Bertz CT molecular complexity index is 565. The summed E-state index contributed by atoms with van der Waals surface area (Å²) in [5.41, 5.74) is 3.91. The number of nitrogens with zero attached hydrogens (tertiary/aromatic N) is 1. The molecule has 0 unspecified atom stereocenters. The van der Waals surface area contributed by atoms with Gasteiger partial charge in [0, 0.05) is 19.6 Å². The minimum atomic E-state index is 0.918. The minimum Gasteiger partial charge on any atom is -0.497 e. The van der Waals surface area contributed by atoms with Crippen molar-refractivity contribution in [3.63, 3.8) is 0 Å². The lowest BCUT2D eigenvalue weighted by Gasteiger charge is -2.32. The summed E-state index contributed by atoms with van der Waals surface area (Å²) in [5, 5.41) is 3.45. The van der Waals surface area contributed by atoms with E-state index in [0.29, 0.717) is 0 Å². The number of para-hydroxylation sites is 2. The summed E-state index contributed by atoms with van der Waals surface area (Å²) >= 11 is 0. The molecule has 2 aromatic carbocycles. The second kappa shape index (κ2) is 5.87. The zero-order chi connectivity index (χ0) is 13.8. The van der Waals surface area contributed by atoms with Gasteiger partial charge in [0.1, 0.15) is 5.75 Å². The van der Waals surface area contributed by atoms with Gasteiger partial charge in [-0.25, -0.2) is 0 Å². The molecular weight excluding hydrogens is 248 g/mol. The molecule has 0 atom stereocenters. The highest BCUT2D eigenvalue weighted by atomic mass is 16.5. The number of fused-ring (bicyclic) bond motifs is 1. The van der Waals surface area contributed by atoms with E-state index in [0.717, 1.165) is 31.8 Å². The molecule has 1 N–H and O–H groups in total. The molecule has 3 nitrogen and oxygen atoms in total. The summed E-state index contributed by atoms with van der Waals surface area (Å²) in [7, 11) is 1.70. The minimum absolute atomic E-state index is 0.918. The first kappa shape index (κ1) is 12.9. The lowest BCUT2D eigenvalue weighted by atomic mass is 10.1. The van der Waals surface area contributed by atoms with Crippen LogP contribution >= 0.6 is 0 Å². The second-order valence-corrected chi connectivity index (χ2v) is 5.03. The number of benzene rings is 2. The lowest BCUT2D eigenvalue weighted by molar-refractivity contribution is 0.414. The first-order valence-electron chi connectivity index (χ1n) is 7.07. The standard InChI is InChI=1S/C17H20N2O/c1-20-15-8-6-14(7-9-15)10-12-19-13-11-18-16-4-2-3-5-17(16)19/h2-9,18H,10-13H2,1H3. The molecule has 2 aromatic rings. The van der Waals surface area contributed by atoms with Crippen LogP contribution in [0.3, 0.4) is 0 Å². The number of ether oxygens (including phenoxy) is 1. The molecule has 20 heavy (non-hydrogen) atoms. The molecule has 3 heteroatoms. The molecule has 0 aliphatic carbocycles. The largest absolute Gasteiger partial charge is 0.497 e. The van der Waals surface area contributed by atoms with E-state index in [1.165, 1.54) is 16.9 Å². The summed E-state index contributed by atoms with van der Waals surface area (Å²) in [4.78, 5) is 2.45. The summed E-state index contributed by atoms with van der Waals surface area (Å²) in [6.45, 7) is 3.12. The molecular formula is C17H20N2O. The highest BCUT2D eigenvalue weighted by Crippen LogP contribution is 2.28. The van der Waals surface area contributed by atoms with Gasteiger partial charge in [0.15, 0.2) is 0 Å². The van der Waals surface area contributed by atoms with Crippen LogP contribution in [0.15, 0.2) is 48.5 Å². The van der Waals surface area contributed by atoms with Gasteiger partial charge in [-0.1, -0.05) is 24.3 Å². The Morgan fingerprint density at radius 2 is 1.90 bits per heavy atom. The Morgan fingerprint density at radius 3 is 2.70 bits per heavy atom. The van der Waals surface area contributed by atoms with Crippen molar-refractivity contribution in [1.82, 2.24) is 0 Å². The Hall–Kier alpha value is -2.16. The van der Waals surface area contributed by atoms with E-state index < -0.39 is 0 Å². The van der Waals surface area contributed by atoms with Crippen LogP contribution in [0.5, 0.6) is 5.75 Å². The Balaban J connectivity index is 1.66. The molecule has 0 bridgehead atoms. The Labute approximate surface area is 120 Å². The highest BCUT2D eigenvalue weighted by Gasteiger charge is 2.15. The number of methoxy groups -OCH3 is 1. The second-order valence-electron chi connectivity index (χ2n) is 5.03. The number of anilines is 2. The van der Waals surface area contributed by atoms with Crippen LogP contribution in [0.4, 0.5) is 11.4 Å². The maximum atomic E-state index is 5.19. The lowest BCUT2D eigenvalue weighted by Crippen LogP contribution is -2.35. The van der Waals surface area contributed by atoms with E-state index in [1.54, 1.807) is 7.11 Å². The van der Waals surface area contributed by atoms with Gasteiger partial charge in [-0.05, 0) is 36.2 Å². The third-order valence-electron chi connectivity index (χ3n) is 3.77. The molecule has 0 radical (unpaired) electrons. The van der Waals surface area contributed by atoms with Gasteiger partial charge in [0.25, 0.3) is 0 Å². The maximum absolute atomic E-state index is 5.19. The maximum Gasteiger partial charge on any atom is 0.118 e. The molecule has 0 saturated carbocycles. The van der Waals surface area contributed by atoms with Gasteiger partial charge in [0.2, 0.25) is 0 Å². The van der Waals surface area contributed by atoms with Crippen LogP contribution in [-0.2, 0) is 6.42 Å². The number of nitrogens with one attached hydrogen (secondary N) is 1. The molecule has 104 valence electrons. The fourth-order valence-corrected chi connectivity index (χ4v) is 2.63. The zero-order valence-electron chi connectivity index (χ0n) is 11.8. The van der Waals surface area contributed by atoms with Crippen LogP contribution in [0.25, 0.3) is 0 Å². The van der Waals surface area contributed by atoms with Crippen molar-refractivity contribution in [2.75, 3.05) is 37.0 Å². The smallest absolute Gasteiger partial charge is 0.118 e. The number of hydrogen-bond acceptors (Lipinski definition) is 3. The van der Waals surface area contributed by atoms with Crippen LogP contribution in [-0.4, -0.2) is 26.7 Å². The van der Waals surface area contributed by atoms with Gasteiger partial charge in [-0.3, -0.25) is 0 Å². The molecule has 0 saturated heterocycles. The quantitative estimate of drug-likeness (QED) is 0.921. The predicted molar refractivity (Wildman–Crippen MR) is 83.8 cm³/mol. The van der Waals surface area contributed by atoms with Crippen molar-refractivity contribution in [2.45, 2.75) is 6.42 Å². The van der Waals surface area contributed by atoms with Crippen LogP contribution in [0.2, 0.25) is 0 Å². The van der Waals surface area contributed by atoms with E-state index in [4.69, 9.17) is 4.74 Å². The monoisotopic (exact) mass is 268 g/mol. The van der Waals surface area contributed by atoms with Crippen molar-refractivity contribution in [3.8, 4) is 5.75 Å². The van der Waals surface area contributed by atoms with E-state index in [2.05, 4.69) is 46.6 Å². The molecule has 0 aromatic heterocycles. The number of hydrogen-bond donors (Lipinski definition) is 1. The summed E-state index contributed by atoms with van der Waals surface area (Å²) in [5.74, 6) is 0.918. The molecule has 1 aliphatic heterocycles. The van der Waals surface area contributed by atoms with Gasteiger partial charge in [-0.15, -0.1) is 0 Å². The highest BCUT2D eigenvalue weighted by molar-refractivity contribution is 5.71. The van der Waals surface area contributed by atoms with E-state index in [1.807, 2.05) is 12.1 Å². The Kier molecular flexibility index (Phi) is 3.77. The average Bonchev–Trinajstić information content (AvgIpc) is 2.53. The third kappa shape index (κ3) is 2.72. The van der Waals surface area contributed by atoms with Gasteiger partial charge < -0.3 is 15.0 Å². The molecule has 0 fully saturated rings. The van der Waals surface area contributed by atoms with Crippen molar-refractivity contribution < 1.29 is 4.74 Å². The fraction of sp³-hybridized carbons (Fsp3) is 0.294. The average molecular weight is 268 g/mol. The van der Waals surface area contributed by atoms with Gasteiger partial charge in [-0.2, -0.15) is 0 Å². The zero-order valence-corrected chi connectivity index (χ0v) is 11.8.